The first-order chi connectivity index (χ1) is 9.88. The molecule has 106 valence electrons. The van der Waals surface area contributed by atoms with E-state index < -0.39 is 8.38 Å². The van der Waals surface area contributed by atoms with Gasteiger partial charge in [-0.05, 0) is 18.2 Å². The summed E-state index contributed by atoms with van der Waals surface area (Å²) in [7, 11) is 0.991. The molecule has 0 spiro atoms. The SMILES string of the molecule is CNCP(OCc1ccccc1)OCc1ccccc1. The Balaban J connectivity index is 1.81. The fourth-order valence-electron chi connectivity index (χ4n) is 1.70. The smallest absolute Gasteiger partial charge is 0.186 e. The van der Waals surface area contributed by atoms with Gasteiger partial charge in [-0.15, -0.1) is 0 Å². The van der Waals surface area contributed by atoms with Crippen molar-refractivity contribution in [1.29, 1.82) is 0 Å². The molecule has 2 aromatic rings. The fourth-order valence-corrected chi connectivity index (χ4v) is 2.80. The lowest BCUT2D eigenvalue weighted by atomic mass is 10.2. The monoisotopic (exact) mass is 289 g/mol. The molecule has 0 aliphatic rings. The van der Waals surface area contributed by atoms with Crippen LogP contribution in [0.25, 0.3) is 0 Å². The highest BCUT2D eigenvalue weighted by atomic mass is 31.2. The van der Waals surface area contributed by atoms with Gasteiger partial charge in [0.15, 0.2) is 8.38 Å². The largest absolute Gasteiger partial charge is 0.328 e. The van der Waals surface area contributed by atoms with E-state index in [2.05, 4.69) is 29.6 Å². The minimum absolute atomic E-state index is 0.586. The van der Waals surface area contributed by atoms with Crippen molar-refractivity contribution in [2.45, 2.75) is 13.2 Å². The molecule has 0 amide bonds. The average Bonchev–Trinajstić information content (AvgIpc) is 2.52. The summed E-state index contributed by atoms with van der Waals surface area (Å²) in [6.45, 7) is 1.17. The Kier molecular flexibility index (Phi) is 6.69. The fraction of sp³-hybridized carbons (Fsp3) is 0.250. The molecular weight excluding hydrogens is 269 g/mol. The van der Waals surface area contributed by atoms with Crippen molar-refractivity contribution >= 4 is 8.38 Å². The number of hydrogen-bond donors (Lipinski definition) is 1. The van der Waals surface area contributed by atoms with Gasteiger partial charge in [0.2, 0.25) is 0 Å². The highest BCUT2D eigenvalue weighted by Gasteiger charge is 2.10. The van der Waals surface area contributed by atoms with E-state index in [0.717, 1.165) is 6.29 Å². The molecule has 0 aliphatic heterocycles. The molecule has 0 saturated heterocycles. The van der Waals surface area contributed by atoms with Crippen LogP contribution in [0, 0.1) is 0 Å². The molecule has 0 atom stereocenters. The van der Waals surface area contributed by atoms with E-state index in [1.54, 1.807) is 0 Å². The van der Waals surface area contributed by atoms with Gasteiger partial charge in [0, 0.05) is 0 Å². The highest BCUT2D eigenvalue weighted by Crippen LogP contribution is 2.38. The van der Waals surface area contributed by atoms with Gasteiger partial charge in [-0.2, -0.15) is 0 Å². The van der Waals surface area contributed by atoms with E-state index in [9.17, 15) is 0 Å². The zero-order chi connectivity index (χ0) is 14.0. The van der Waals surface area contributed by atoms with Gasteiger partial charge in [0.05, 0.1) is 19.5 Å². The minimum atomic E-state index is -0.919. The van der Waals surface area contributed by atoms with E-state index in [0.29, 0.717) is 13.2 Å². The maximum absolute atomic E-state index is 5.87. The molecule has 0 aromatic heterocycles. The number of nitrogens with one attached hydrogen (secondary N) is 1. The van der Waals surface area contributed by atoms with Crippen LogP contribution in [-0.4, -0.2) is 13.3 Å². The standard InChI is InChI=1S/C16H20NO2P/c1-17-14-20(18-12-15-8-4-2-5-9-15)19-13-16-10-6-3-7-11-16/h2-11,17H,12-14H2,1H3. The quantitative estimate of drug-likeness (QED) is 0.747. The Morgan fingerprint density at radius 2 is 1.25 bits per heavy atom. The number of hydrogen-bond acceptors (Lipinski definition) is 3. The van der Waals surface area contributed by atoms with Crippen LogP contribution in [-0.2, 0) is 22.3 Å². The molecule has 0 aliphatic carbocycles. The number of benzene rings is 2. The molecule has 0 bridgehead atoms. The lowest BCUT2D eigenvalue weighted by Crippen LogP contribution is -2.09. The van der Waals surface area contributed by atoms with Crippen molar-refractivity contribution in [3.05, 3.63) is 71.8 Å². The second-order valence-corrected chi connectivity index (χ2v) is 5.86. The highest BCUT2D eigenvalue weighted by molar-refractivity contribution is 7.47. The van der Waals surface area contributed by atoms with Crippen LogP contribution >= 0.6 is 8.38 Å². The van der Waals surface area contributed by atoms with Gasteiger partial charge in [-0.3, -0.25) is 0 Å². The van der Waals surface area contributed by atoms with E-state index in [1.807, 2.05) is 43.4 Å². The van der Waals surface area contributed by atoms with Crippen LogP contribution in [0.3, 0.4) is 0 Å². The molecule has 0 heterocycles. The van der Waals surface area contributed by atoms with Crippen molar-refractivity contribution in [3.63, 3.8) is 0 Å². The molecule has 2 rings (SSSR count). The summed E-state index contributed by atoms with van der Waals surface area (Å²) in [5.41, 5.74) is 2.33. The van der Waals surface area contributed by atoms with E-state index in [4.69, 9.17) is 9.05 Å². The summed E-state index contributed by atoms with van der Waals surface area (Å²) in [4.78, 5) is 0. The van der Waals surface area contributed by atoms with Crippen LogP contribution in [0.2, 0.25) is 0 Å². The van der Waals surface area contributed by atoms with Crippen LogP contribution in [0.1, 0.15) is 11.1 Å². The Bertz CT molecular complexity index is 435. The summed E-state index contributed by atoms with van der Waals surface area (Å²) in [6.07, 6.45) is 0.731. The number of rotatable bonds is 8. The molecule has 20 heavy (non-hydrogen) atoms. The average molecular weight is 289 g/mol. The minimum Gasteiger partial charge on any atom is -0.328 e. The molecule has 0 saturated carbocycles. The van der Waals surface area contributed by atoms with Crippen molar-refractivity contribution in [2.24, 2.45) is 0 Å². The van der Waals surface area contributed by atoms with Crippen LogP contribution in [0.5, 0.6) is 0 Å². The van der Waals surface area contributed by atoms with E-state index in [-0.39, 0.29) is 0 Å². The Labute approximate surface area is 121 Å². The van der Waals surface area contributed by atoms with Crippen LogP contribution in [0.4, 0.5) is 0 Å². The van der Waals surface area contributed by atoms with Crippen molar-refractivity contribution in [1.82, 2.24) is 5.32 Å². The van der Waals surface area contributed by atoms with Crippen molar-refractivity contribution < 1.29 is 9.05 Å². The molecule has 0 fully saturated rings. The van der Waals surface area contributed by atoms with E-state index in [1.165, 1.54) is 11.1 Å². The zero-order valence-electron chi connectivity index (χ0n) is 11.7. The predicted molar refractivity (Wildman–Crippen MR) is 83.3 cm³/mol. The Morgan fingerprint density at radius 1 is 0.800 bits per heavy atom. The molecular formula is C16H20NO2P. The summed E-state index contributed by atoms with van der Waals surface area (Å²) >= 11 is 0. The maximum atomic E-state index is 5.87. The first-order valence-electron chi connectivity index (χ1n) is 6.64. The molecule has 1 N–H and O–H groups in total. The third kappa shape index (κ3) is 5.40. The van der Waals surface area contributed by atoms with Gasteiger partial charge in [0.1, 0.15) is 0 Å². The van der Waals surface area contributed by atoms with Gasteiger partial charge in [0.25, 0.3) is 0 Å². The Morgan fingerprint density at radius 3 is 1.65 bits per heavy atom. The molecule has 2 aromatic carbocycles. The summed E-state index contributed by atoms with van der Waals surface area (Å²) < 4.78 is 11.7. The molecule has 3 nitrogen and oxygen atoms in total. The third-order valence-corrected chi connectivity index (χ3v) is 4.13. The Hall–Kier alpha value is -1.25. The zero-order valence-corrected chi connectivity index (χ0v) is 12.6. The van der Waals surface area contributed by atoms with Gasteiger partial charge in [-0.1, -0.05) is 60.7 Å². The maximum Gasteiger partial charge on any atom is 0.186 e. The third-order valence-electron chi connectivity index (χ3n) is 2.72. The second kappa shape index (κ2) is 8.83. The topological polar surface area (TPSA) is 30.5 Å². The lowest BCUT2D eigenvalue weighted by molar-refractivity contribution is 0.234. The summed E-state index contributed by atoms with van der Waals surface area (Å²) in [6, 6.07) is 20.3. The first kappa shape index (κ1) is 15.1. The van der Waals surface area contributed by atoms with Gasteiger partial charge in [-0.25, -0.2) is 0 Å². The predicted octanol–water partition coefficient (Wildman–Crippen LogP) is 3.91. The molecule has 0 unspecified atom stereocenters. The first-order valence-corrected chi connectivity index (χ1v) is 8.00. The van der Waals surface area contributed by atoms with Crippen molar-refractivity contribution in [3.8, 4) is 0 Å². The molecule has 0 radical (unpaired) electrons. The van der Waals surface area contributed by atoms with Crippen molar-refractivity contribution in [2.75, 3.05) is 13.3 Å². The van der Waals surface area contributed by atoms with Crippen LogP contribution in [0.15, 0.2) is 60.7 Å². The molecule has 4 heteroatoms. The van der Waals surface area contributed by atoms with E-state index >= 15 is 0 Å². The van der Waals surface area contributed by atoms with Crippen LogP contribution < -0.4 is 5.32 Å². The summed E-state index contributed by atoms with van der Waals surface area (Å²) in [5.74, 6) is 0. The normalized spacial score (nSPS) is 10.9. The second-order valence-electron chi connectivity index (χ2n) is 4.36. The van der Waals surface area contributed by atoms with Gasteiger partial charge < -0.3 is 14.4 Å². The van der Waals surface area contributed by atoms with Gasteiger partial charge >= 0.3 is 0 Å². The summed E-state index contributed by atoms with van der Waals surface area (Å²) in [5, 5.41) is 3.12. The lowest BCUT2D eigenvalue weighted by Gasteiger charge is -2.17.